The summed E-state index contributed by atoms with van der Waals surface area (Å²) in [6.45, 7) is 1.51. The van der Waals surface area contributed by atoms with Gasteiger partial charge in [0.1, 0.15) is 12.4 Å². The zero-order valence-electron chi connectivity index (χ0n) is 16.3. The number of thiazole rings is 1. The molecule has 1 N–H and O–H groups in total. The van der Waals surface area contributed by atoms with Crippen molar-refractivity contribution >= 4 is 57.3 Å². The molecule has 0 bridgehead atoms. The van der Waals surface area contributed by atoms with Crippen molar-refractivity contribution in [3.8, 4) is 0 Å². The Balaban J connectivity index is 1.60. The number of H-pyrrole nitrogens is 1. The molecule has 0 spiro atoms. The lowest BCUT2D eigenvalue weighted by molar-refractivity contribution is -0.384. The first kappa shape index (κ1) is 21.9. The minimum absolute atomic E-state index is 0.0169. The number of non-ortho nitro benzene ring substituents is 1. The molecule has 12 heteroatoms. The Kier molecular flexibility index (Phi) is 6.21. The molecule has 0 amide bonds. The van der Waals surface area contributed by atoms with E-state index < -0.39 is 16.5 Å². The van der Waals surface area contributed by atoms with Crippen LogP contribution in [0.5, 0.6) is 0 Å². The van der Waals surface area contributed by atoms with E-state index >= 15 is 0 Å². The van der Waals surface area contributed by atoms with Crippen molar-refractivity contribution in [2.24, 2.45) is 0 Å². The number of carbonyl (C=O) groups is 1. The van der Waals surface area contributed by atoms with Crippen LogP contribution in [0.3, 0.4) is 0 Å². The summed E-state index contributed by atoms with van der Waals surface area (Å²) in [6.07, 6.45) is 0. The smallest absolute Gasteiger partial charge is 0.339 e. The predicted octanol–water partition coefficient (Wildman–Crippen LogP) is 4.76. The van der Waals surface area contributed by atoms with Crippen LogP contribution in [-0.4, -0.2) is 25.8 Å². The number of esters is 1. The molecule has 4 aromatic rings. The summed E-state index contributed by atoms with van der Waals surface area (Å²) in [7, 11) is 0. The van der Waals surface area contributed by atoms with Gasteiger partial charge in [-0.05, 0) is 31.2 Å². The van der Waals surface area contributed by atoms with E-state index in [1.807, 2.05) is 12.3 Å². The minimum atomic E-state index is -0.793. The fraction of sp³-hybridized carbons (Fsp3) is 0.100. The number of nitrogens with one attached hydrogen (secondary N) is 1. The quantitative estimate of drug-likeness (QED) is 0.234. The molecule has 9 nitrogen and oxygen atoms in total. The van der Waals surface area contributed by atoms with Gasteiger partial charge in [0.25, 0.3) is 11.2 Å². The van der Waals surface area contributed by atoms with Crippen LogP contribution in [0.1, 0.15) is 21.9 Å². The van der Waals surface area contributed by atoms with Gasteiger partial charge >= 0.3 is 5.97 Å². The number of benzene rings is 2. The summed E-state index contributed by atoms with van der Waals surface area (Å²) in [4.78, 5) is 47.3. The fourth-order valence-corrected chi connectivity index (χ4v) is 4.85. The van der Waals surface area contributed by atoms with Crippen LogP contribution in [0.4, 0.5) is 5.69 Å². The van der Waals surface area contributed by atoms with E-state index in [1.54, 1.807) is 12.1 Å². The van der Waals surface area contributed by atoms with E-state index in [9.17, 15) is 19.7 Å². The summed E-state index contributed by atoms with van der Waals surface area (Å²) in [6, 6.07) is 8.60. The third-order valence-electron chi connectivity index (χ3n) is 4.25. The van der Waals surface area contributed by atoms with E-state index in [-0.39, 0.29) is 23.7 Å². The highest BCUT2D eigenvalue weighted by atomic mass is 35.5. The normalized spacial score (nSPS) is 10.9. The van der Waals surface area contributed by atoms with Gasteiger partial charge in [0.05, 0.1) is 21.4 Å². The lowest BCUT2D eigenvalue weighted by Crippen LogP contribution is -2.15. The summed E-state index contributed by atoms with van der Waals surface area (Å²) in [5.74, 6) is -0.674. The summed E-state index contributed by atoms with van der Waals surface area (Å²) in [5, 5.41) is 13.8. The molecule has 0 atom stereocenters. The number of nitrogens with zero attached hydrogens (tertiary/aromatic N) is 3. The van der Waals surface area contributed by atoms with E-state index in [0.717, 1.165) is 11.8 Å². The Morgan fingerprint density at radius 2 is 2.09 bits per heavy atom. The first-order valence-corrected chi connectivity index (χ1v) is 11.1. The van der Waals surface area contributed by atoms with Gasteiger partial charge in [0.2, 0.25) is 0 Å². The van der Waals surface area contributed by atoms with Gasteiger partial charge < -0.3 is 9.72 Å². The fourth-order valence-electron chi connectivity index (χ4n) is 2.79. The Morgan fingerprint density at radius 3 is 2.81 bits per heavy atom. The van der Waals surface area contributed by atoms with E-state index in [0.29, 0.717) is 25.2 Å². The van der Waals surface area contributed by atoms with Gasteiger partial charge in [-0.3, -0.25) is 14.9 Å². The van der Waals surface area contributed by atoms with Gasteiger partial charge in [0.15, 0.2) is 4.34 Å². The molecule has 2 aromatic carbocycles. The number of ether oxygens (including phenoxy) is 1. The predicted molar refractivity (Wildman–Crippen MR) is 121 cm³/mol. The zero-order chi connectivity index (χ0) is 22.8. The number of carbonyl (C=O) groups excluding carboxylic acids is 1. The van der Waals surface area contributed by atoms with Crippen molar-refractivity contribution in [1.29, 1.82) is 0 Å². The summed E-state index contributed by atoms with van der Waals surface area (Å²) in [5.41, 5.74) is 0.559. The number of hydrogen-bond donors (Lipinski definition) is 1. The van der Waals surface area contributed by atoms with E-state index in [2.05, 4.69) is 15.0 Å². The Labute approximate surface area is 193 Å². The van der Waals surface area contributed by atoms with Crippen LogP contribution in [0.25, 0.3) is 10.9 Å². The van der Waals surface area contributed by atoms with Gasteiger partial charge in [-0.15, -0.1) is 11.3 Å². The molecule has 0 aliphatic carbocycles. The van der Waals surface area contributed by atoms with Crippen LogP contribution in [0.2, 0.25) is 5.02 Å². The number of hydrogen-bond acceptors (Lipinski definition) is 9. The number of rotatable bonds is 6. The number of fused-ring (bicyclic) bond motifs is 1. The molecule has 162 valence electrons. The Morgan fingerprint density at radius 1 is 1.28 bits per heavy atom. The minimum Gasteiger partial charge on any atom is -0.454 e. The first-order valence-electron chi connectivity index (χ1n) is 9.04. The lowest BCUT2D eigenvalue weighted by Gasteiger charge is -2.09. The second-order valence-electron chi connectivity index (χ2n) is 6.54. The van der Waals surface area contributed by atoms with Gasteiger partial charge in [0, 0.05) is 33.1 Å². The molecule has 0 aliphatic heterocycles. The molecule has 0 saturated heterocycles. The molecule has 0 radical (unpaired) electrons. The van der Waals surface area contributed by atoms with Crippen LogP contribution in [0.15, 0.2) is 55.8 Å². The van der Waals surface area contributed by atoms with Gasteiger partial charge in [-0.2, -0.15) is 0 Å². The molecule has 4 rings (SSSR count). The number of aromatic nitrogens is 3. The molecule has 2 aromatic heterocycles. The molecule has 32 heavy (non-hydrogen) atoms. The third-order valence-corrected chi connectivity index (χ3v) is 6.61. The average molecular weight is 489 g/mol. The molecular formula is C20H13ClN4O5S2. The van der Waals surface area contributed by atoms with E-state index in [1.165, 1.54) is 41.3 Å². The summed E-state index contributed by atoms with van der Waals surface area (Å²) >= 11 is 8.56. The highest BCUT2D eigenvalue weighted by Gasteiger charge is 2.20. The monoisotopic (exact) mass is 488 g/mol. The number of aromatic amines is 1. The highest BCUT2D eigenvalue weighted by molar-refractivity contribution is 8.01. The van der Waals surface area contributed by atoms with Gasteiger partial charge in [-0.1, -0.05) is 23.4 Å². The standard InChI is InChI=1S/C20H13ClN4O5S2/c1-10-9-31-20(22-10)32-16-5-3-12(25(28)29)7-14(16)19(27)30-8-17-23-15-6-11(21)2-4-13(15)18(26)24-17/h2-7,9H,8H2,1H3,(H,23,24,26). The average Bonchev–Trinajstić information content (AvgIpc) is 3.16. The van der Waals surface area contributed by atoms with Crippen molar-refractivity contribution in [2.75, 3.05) is 0 Å². The maximum Gasteiger partial charge on any atom is 0.339 e. The van der Waals surface area contributed by atoms with Crippen molar-refractivity contribution in [3.63, 3.8) is 0 Å². The molecule has 0 unspecified atom stereocenters. The van der Waals surface area contributed by atoms with Crippen molar-refractivity contribution < 1.29 is 14.5 Å². The maximum absolute atomic E-state index is 12.8. The maximum atomic E-state index is 12.8. The Hall–Kier alpha value is -3.28. The van der Waals surface area contributed by atoms with Crippen LogP contribution in [-0.2, 0) is 11.3 Å². The van der Waals surface area contributed by atoms with Crippen molar-refractivity contribution in [2.45, 2.75) is 22.8 Å². The highest BCUT2D eigenvalue weighted by Crippen LogP contribution is 2.34. The molecule has 0 aliphatic rings. The van der Waals surface area contributed by atoms with E-state index in [4.69, 9.17) is 16.3 Å². The number of aryl methyl sites for hydroxylation is 1. The SMILES string of the molecule is Cc1csc(Sc2ccc([N+](=O)[O-])cc2C(=O)OCc2nc3cc(Cl)ccc3c(=O)[nH]2)n1. The third kappa shape index (κ3) is 4.79. The topological polar surface area (TPSA) is 128 Å². The number of nitro benzene ring substituents is 1. The van der Waals surface area contributed by atoms with Crippen molar-refractivity contribution in [3.05, 3.63) is 84.4 Å². The number of nitro groups is 1. The Bertz CT molecular complexity index is 1420. The molecule has 2 heterocycles. The van der Waals surface area contributed by atoms with Crippen LogP contribution in [0, 0.1) is 17.0 Å². The van der Waals surface area contributed by atoms with Crippen molar-refractivity contribution in [1.82, 2.24) is 15.0 Å². The molecular weight excluding hydrogens is 476 g/mol. The molecule has 0 fully saturated rings. The second-order valence-corrected chi connectivity index (χ2v) is 9.13. The largest absolute Gasteiger partial charge is 0.454 e. The second kappa shape index (κ2) is 9.07. The lowest BCUT2D eigenvalue weighted by atomic mass is 10.2. The zero-order valence-corrected chi connectivity index (χ0v) is 18.7. The molecule has 0 saturated carbocycles. The van der Waals surface area contributed by atoms with Crippen LogP contribution < -0.4 is 5.56 Å². The first-order chi connectivity index (χ1) is 15.3. The van der Waals surface area contributed by atoms with Gasteiger partial charge in [-0.25, -0.2) is 14.8 Å². The summed E-state index contributed by atoms with van der Waals surface area (Å²) < 4.78 is 5.99. The number of halogens is 1. The van der Waals surface area contributed by atoms with Crippen LogP contribution >= 0.6 is 34.7 Å².